The van der Waals surface area contributed by atoms with Crippen LogP contribution >= 0.6 is 0 Å². The van der Waals surface area contributed by atoms with Gasteiger partial charge >= 0.3 is 0 Å². The Hall–Kier alpha value is -2.61. The summed E-state index contributed by atoms with van der Waals surface area (Å²) in [5.74, 6) is 1.65. The molecule has 3 N–H and O–H groups in total. The molecule has 3 atom stereocenters. The van der Waals surface area contributed by atoms with E-state index < -0.39 is 18.3 Å². The van der Waals surface area contributed by atoms with Crippen LogP contribution in [0.15, 0.2) is 36.4 Å². The molecule has 0 radical (unpaired) electrons. The second-order valence-electron chi connectivity index (χ2n) is 6.36. The van der Waals surface area contributed by atoms with E-state index in [1.807, 2.05) is 36.4 Å². The monoisotopic (exact) mass is 356 g/mol. The molecular weight excluding hydrogens is 336 g/mol. The Bertz CT molecular complexity index is 968. The van der Waals surface area contributed by atoms with E-state index in [1.54, 1.807) is 18.8 Å². The zero-order chi connectivity index (χ0) is 18.4. The number of imidazole rings is 1. The van der Waals surface area contributed by atoms with Crippen LogP contribution in [0.5, 0.6) is 11.5 Å². The van der Waals surface area contributed by atoms with Crippen LogP contribution in [0.3, 0.4) is 0 Å². The summed E-state index contributed by atoms with van der Waals surface area (Å²) in [4.78, 5) is 4.41. The van der Waals surface area contributed by atoms with E-state index in [9.17, 15) is 15.3 Å². The first kappa shape index (κ1) is 16.8. The van der Waals surface area contributed by atoms with Gasteiger partial charge in [-0.05, 0) is 35.4 Å². The van der Waals surface area contributed by atoms with Gasteiger partial charge in [-0.2, -0.15) is 0 Å². The molecule has 0 saturated heterocycles. The number of nitrogens with zero attached hydrogens (tertiary/aromatic N) is 2. The van der Waals surface area contributed by atoms with Gasteiger partial charge < -0.3 is 29.4 Å². The van der Waals surface area contributed by atoms with Crippen molar-refractivity contribution in [1.82, 2.24) is 9.55 Å². The number of rotatable bonds is 3. The summed E-state index contributed by atoms with van der Waals surface area (Å²) in [6, 6.07) is 11.4. The summed E-state index contributed by atoms with van der Waals surface area (Å²) in [5, 5.41) is 30.1. The van der Waals surface area contributed by atoms with Gasteiger partial charge in [-0.3, -0.25) is 0 Å². The van der Waals surface area contributed by atoms with Crippen molar-refractivity contribution in [3.05, 3.63) is 42.2 Å². The van der Waals surface area contributed by atoms with E-state index in [4.69, 9.17) is 9.47 Å². The summed E-state index contributed by atoms with van der Waals surface area (Å²) < 4.78 is 12.4. The summed E-state index contributed by atoms with van der Waals surface area (Å²) >= 11 is 0. The highest BCUT2D eigenvalue weighted by Crippen LogP contribution is 2.35. The van der Waals surface area contributed by atoms with Crippen LogP contribution in [0.1, 0.15) is 11.9 Å². The topological polar surface area (TPSA) is 97.0 Å². The third-order valence-electron chi connectivity index (χ3n) is 4.85. The van der Waals surface area contributed by atoms with Gasteiger partial charge in [0.2, 0.25) is 0 Å². The Morgan fingerprint density at radius 3 is 2.38 bits per heavy atom. The quantitative estimate of drug-likeness (QED) is 0.658. The molecule has 0 bridgehead atoms. The molecule has 2 aromatic carbocycles. The third kappa shape index (κ3) is 2.52. The highest BCUT2D eigenvalue weighted by molar-refractivity contribution is 5.83. The van der Waals surface area contributed by atoms with Crippen LogP contribution in [-0.2, 0) is 6.54 Å². The SMILES string of the molecule is COc1ccc(-c2ccc3nc4n(c3c2)C[C@@H](O)[C@@H](O)[C@H]4O)cc1OC. The van der Waals surface area contributed by atoms with Crippen molar-refractivity contribution in [3.8, 4) is 22.6 Å². The van der Waals surface area contributed by atoms with E-state index in [0.29, 0.717) is 22.8 Å². The lowest BCUT2D eigenvalue weighted by Crippen LogP contribution is -2.41. The number of aliphatic hydroxyl groups is 3. The normalized spacial score (nSPS) is 22.3. The maximum Gasteiger partial charge on any atom is 0.161 e. The van der Waals surface area contributed by atoms with Crippen LogP contribution in [0, 0.1) is 0 Å². The minimum atomic E-state index is -1.23. The average Bonchev–Trinajstić information content (AvgIpc) is 3.03. The summed E-state index contributed by atoms with van der Waals surface area (Å²) in [6.07, 6.45) is -3.49. The van der Waals surface area contributed by atoms with E-state index in [2.05, 4.69) is 4.98 Å². The molecule has 4 rings (SSSR count). The number of hydrogen-bond acceptors (Lipinski definition) is 6. The van der Waals surface area contributed by atoms with Crippen molar-refractivity contribution in [1.29, 1.82) is 0 Å². The van der Waals surface area contributed by atoms with Crippen molar-refractivity contribution in [2.45, 2.75) is 24.9 Å². The largest absolute Gasteiger partial charge is 0.493 e. The molecule has 2 heterocycles. The highest BCUT2D eigenvalue weighted by Gasteiger charge is 2.35. The molecule has 0 amide bonds. The Labute approximate surface area is 150 Å². The van der Waals surface area contributed by atoms with Crippen LogP contribution < -0.4 is 9.47 Å². The van der Waals surface area contributed by atoms with Crippen molar-refractivity contribution in [3.63, 3.8) is 0 Å². The number of ether oxygens (including phenoxy) is 2. The van der Waals surface area contributed by atoms with Crippen molar-refractivity contribution in [2.75, 3.05) is 14.2 Å². The Balaban J connectivity index is 1.83. The maximum atomic E-state index is 10.2. The number of fused-ring (bicyclic) bond motifs is 3. The molecule has 1 aromatic heterocycles. The fraction of sp³-hybridized carbons (Fsp3) is 0.316. The summed E-state index contributed by atoms with van der Waals surface area (Å²) in [7, 11) is 3.18. The van der Waals surface area contributed by atoms with Gasteiger partial charge in [-0.15, -0.1) is 0 Å². The van der Waals surface area contributed by atoms with Gasteiger partial charge in [0, 0.05) is 0 Å². The molecule has 0 saturated carbocycles. The minimum Gasteiger partial charge on any atom is -0.493 e. The van der Waals surface area contributed by atoms with E-state index in [1.165, 1.54) is 0 Å². The second-order valence-corrected chi connectivity index (χ2v) is 6.36. The third-order valence-corrected chi connectivity index (χ3v) is 4.85. The van der Waals surface area contributed by atoms with Gasteiger partial charge in [-0.1, -0.05) is 12.1 Å². The number of methoxy groups -OCH3 is 2. The molecule has 3 aromatic rings. The molecular formula is C19H20N2O5. The van der Waals surface area contributed by atoms with Crippen molar-refractivity contribution in [2.24, 2.45) is 0 Å². The first-order valence-electron chi connectivity index (χ1n) is 8.30. The molecule has 0 fully saturated rings. The zero-order valence-corrected chi connectivity index (χ0v) is 14.5. The summed E-state index contributed by atoms with van der Waals surface area (Å²) in [5.41, 5.74) is 3.37. The van der Waals surface area contributed by atoms with E-state index in [-0.39, 0.29) is 6.54 Å². The fourth-order valence-corrected chi connectivity index (χ4v) is 3.41. The Kier molecular flexibility index (Phi) is 4.07. The average molecular weight is 356 g/mol. The number of aliphatic hydroxyl groups excluding tert-OH is 3. The Morgan fingerprint density at radius 1 is 0.962 bits per heavy atom. The number of aromatic nitrogens is 2. The molecule has 26 heavy (non-hydrogen) atoms. The second kappa shape index (κ2) is 6.28. The van der Waals surface area contributed by atoms with Gasteiger partial charge in [0.15, 0.2) is 11.5 Å². The molecule has 7 nitrogen and oxygen atoms in total. The lowest BCUT2D eigenvalue weighted by molar-refractivity contribution is -0.0846. The predicted molar refractivity (Wildman–Crippen MR) is 95.2 cm³/mol. The molecule has 1 aliphatic heterocycles. The van der Waals surface area contributed by atoms with Crippen LogP contribution in [0.2, 0.25) is 0 Å². The van der Waals surface area contributed by atoms with E-state index in [0.717, 1.165) is 16.6 Å². The summed E-state index contributed by atoms with van der Waals surface area (Å²) in [6.45, 7) is 0.180. The standard InChI is InChI=1S/C19H20N2O5/c1-25-15-6-4-11(8-16(15)26-2)10-3-5-12-13(7-10)21-9-14(22)17(23)18(24)19(21)20-12/h3-8,14,17-18,22-24H,9H2,1-2H3/t14-,17-,18-/m1/s1. The fourth-order valence-electron chi connectivity index (χ4n) is 3.41. The first-order valence-corrected chi connectivity index (χ1v) is 8.30. The van der Waals surface area contributed by atoms with Gasteiger partial charge in [0.05, 0.1) is 31.8 Å². The highest BCUT2D eigenvalue weighted by atomic mass is 16.5. The lowest BCUT2D eigenvalue weighted by atomic mass is 10.0. The van der Waals surface area contributed by atoms with Crippen molar-refractivity contribution >= 4 is 11.0 Å². The minimum absolute atomic E-state index is 0.180. The first-order chi connectivity index (χ1) is 12.5. The van der Waals surface area contributed by atoms with Crippen molar-refractivity contribution < 1.29 is 24.8 Å². The van der Waals surface area contributed by atoms with Gasteiger partial charge in [-0.25, -0.2) is 4.98 Å². The molecule has 0 spiro atoms. The molecule has 0 aliphatic carbocycles. The number of benzene rings is 2. The number of hydrogen-bond donors (Lipinski definition) is 3. The van der Waals surface area contributed by atoms with Crippen LogP contribution in [0.25, 0.3) is 22.2 Å². The maximum absolute atomic E-state index is 10.2. The van der Waals surface area contributed by atoms with Crippen LogP contribution in [0.4, 0.5) is 0 Å². The van der Waals surface area contributed by atoms with E-state index >= 15 is 0 Å². The van der Waals surface area contributed by atoms with Gasteiger partial charge in [0.25, 0.3) is 0 Å². The van der Waals surface area contributed by atoms with Gasteiger partial charge in [0.1, 0.15) is 24.1 Å². The zero-order valence-electron chi connectivity index (χ0n) is 14.5. The Morgan fingerprint density at radius 2 is 1.65 bits per heavy atom. The molecule has 136 valence electrons. The lowest BCUT2D eigenvalue weighted by Gasteiger charge is -2.29. The molecule has 1 aliphatic rings. The smallest absolute Gasteiger partial charge is 0.161 e. The predicted octanol–water partition coefficient (Wildman–Crippen LogP) is 1.49. The molecule has 7 heteroatoms. The molecule has 0 unspecified atom stereocenters. The van der Waals surface area contributed by atoms with Crippen LogP contribution in [-0.4, -0.2) is 51.3 Å².